The first-order valence-electron chi connectivity index (χ1n) is 9.85. The molecule has 2 aromatic carbocycles. The van der Waals surface area contributed by atoms with Gasteiger partial charge in [-0.2, -0.15) is 13.2 Å². The summed E-state index contributed by atoms with van der Waals surface area (Å²) in [6, 6.07) is 15.9. The number of hydrogen-bond donors (Lipinski definition) is 1. The molecule has 0 saturated carbocycles. The van der Waals surface area contributed by atoms with E-state index < -0.39 is 11.7 Å². The maximum atomic E-state index is 12.6. The number of alkyl halides is 3. The fraction of sp³-hybridized carbons (Fsp3) is 0.208. The molecule has 4 nitrogen and oxygen atoms in total. The molecule has 0 aliphatic carbocycles. The van der Waals surface area contributed by atoms with Crippen molar-refractivity contribution >= 4 is 12.0 Å². The van der Waals surface area contributed by atoms with Gasteiger partial charge in [0.2, 0.25) is 0 Å². The quantitative estimate of drug-likeness (QED) is 0.511. The third-order valence-electron chi connectivity index (χ3n) is 4.58. The van der Waals surface area contributed by atoms with E-state index in [9.17, 15) is 18.0 Å². The second-order valence-electron chi connectivity index (χ2n) is 6.83. The number of hydrogen-bond acceptors (Lipinski definition) is 2. The molecule has 0 aliphatic rings. The van der Waals surface area contributed by atoms with Gasteiger partial charge in [0, 0.05) is 19.3 Å². The predicted octanol–water partition coefficient (Wildman–Crippen LogP) is 5.55. The van der Waals surface area contributed by atoms with Crippen LogP contribution in [0.25, 0.3) is 6.08 Å². The molecule has 1 N–H and O–H groups in total. The SMILES string of the molecule is CCOc1cccc(/C=C/Cn2cccc2C(=O)NCc2ccc(C(F)(F)F)cc2)c1. The molecule has 0 fully saturated rings. The van der Waals surface area contributed by atoms with Gasteiger partial charge in [0.1, 0.15) is 11.4 Å². The molecule has 1 heterocycles. The average molecular weight is 428 g/mol. The van der Waals surface area contributed by atoms with E-state index >= 15 is 0 Å². The van der Waals surface area contributed by atoms with E-state index in [0.29, 0.717) is 24.4 Å². The minimum absolute atomic E-state index is 0.141. The predicted molar refractivity (Wildman–Crippen MR) is 114 cm³/mol. The second-order valence-corrected chi connectivity index (χ2v) is 6.83. The van der Waals surface area contributed by atoms with Gasteiger partial charge in [-0.15, -0.1) is 0 Å². The Balaban J connectivity index is 1.58. The lowest BCUT2D eigenvalue weighted by Gasteiger charge is -2.10. The molecule has 31 heavy (non-hydrogen) atoms. The van der Waals surface area contributed by atoms with Crippen LogP contribution in [0.5, 0.6) is 5.75 Å². The number of carbonyl (C=O) groups excluding carboxylic acids is 1. The zero-order chi connectivity index (χ0) is 22.3. The van der Waals surface area contributed by atoms with E-state index in [0.717, 1.165) is 23.4 Å². The van der Waals surface area contributed by atoms with Gasteiger partial charge in [-0.25, -0.2) is 0 Å². The number of carbonyl (C=O) groups is 1. The van der Waals surface area contributed by atoms with Crippen molar-refractivity contribution < 1.29 is 22.7 Å². The molecule has 7 heteroatoms. The highest BCUT2D eigenvalue weighted by Crippen LogP contribution is 2.29. The van der Waals surface area contributed by atoms with Crippen LogP contribution in [0, 0.1) is 0 Å². The summed E-state index contributed by atoms with van der Waals surface area (Å²) in [6.07, 6.45) is 1.32. The Morgan fingerprint density at radius 3 is 2.58 bits per heavy atom. The zero-order valence-corrected chi connectivity index (χ0v) is 17.0. The second kappa shape index (κ2) is 10.0. The molecule has 0 saturated heterocycles. The lowest BCUT2D eigenvalue weighted by molar-refractivity contribution is -0.137. The largest absolute Gasteiger partial charge is 0.494 e. The van der Waals surface area contributed by atoms with Crippen molar-refractivity contribution in [3.8, 4) is 5.75 Å². The van der Waals surface area contributed by atoms with Gasteiger partial charge in [0.15, 0.2) is 0 Å². The number of nitrogens with one attached hydrogen (secondary N) is 1. The Bertz CT molecular complexity index is 1040. The molecule has 0 atom stereocenters. The first-order chi connectivity index (χ1) is 14.9. The van der Waals surface area contributed by atoms with Crippen LogP contribution in [0.1, 0.15) is 34.1 Å². The highest BCUT2D eigenvalue weighted by Gasteiger charge is 2.29. The van der Waals surface area contributed by atoms with Crippen LogP contribution in [-0.4, -0.2) is 17.1 Å². The molecular weight excluding hydrogens is 405 g/mol. The molecule has 1 amide bonds. The number of halogens is 3. The molecule has 0 spiro atoms. The summed E-state index contributed by atoms with van der Waals surface area (Å²) in [4.78, 5) is 12.5. The minimum atomic E-state index is -4.37. The number of allylic oxidation sites excluding steroid dienone is 1. The summed E-state index contributed by atoms with van der Waals surface area (Å²) < 4.78 is 45.2. The molecular formula is C24H23F3N2O2. The molecule has 3 aromatic rings. The summed E-state index contributed by atoms with van der Waals surface area (Å²) in [5.74, 6) is 0.505. The Hall–Kier alpha value is -3.48. The molecule has 0 radical (unpaired) electrons. The van der Waals surface area contributed by atoms with Crippen molar-refractivity contribution in [2.24, 2.45) is 0 Å². The molecule has 162 valence electrons. The smallest absolute Gasteiger partial charge is 0.416 e. The van der Waals surface area contributed by atoms with E-state index in [4.69, 9.17) is 4.74 Å². The van der Waals surface area contributed by atoms with Crippen molar-refractivity contribution in [1.82, 2.24) is 9.88 Å². The van der Waals surface area contributed by atoms with Crippen molar-refractivity contribution in [1.29, 1.82) is 0 Å². The fourth-order valence-corrected chi connectivity index (χ4v) is 3.04. The lowest BCUT2D eigenvalue weighted by atomic mass is 10.1. The van der Waals surface area contributed by atoms with E-state index in [1.165, 1.54) is 12.1 Å². The third-order valence-corrected chi connectivity index (χ3v) is 4.58. The fourth-order valence-electron chi connectivity index (χ4n) is 3.04. The van der Waals surface area contributed by atoms with Crippen LogP contribution >= 0.6 is 0 Å². The van der Waals surface area contributed by atoms with E-state index in [1.807, 2.05) is 43.3 Å². The summed E-state index contributed by atoms with van der Waals surface area (Å²) in [6.45, 7) is 3.16. The monoisotopic (exact) mass is 428 g/mol. The molecule has 3 rings (SSSR count). The number of rotatable bonds is 8. The number of ether oxygens (including phenoxy) is 1. The summed E-state index contributed by atoms with van der Waals surface area (Å²) in [7, 11) is 0. The zero-order valence-electron chi connectivity index (χ0n) is 17.0. The average Bonchev–Trinajstić information content (AvgIpc) is 3.21. The molecule has 0 unspecified atom stereocenters. The number of benzene rings is 2. The summed E-state index contributed by atoms with van der Waals surface area (Å²) >= 11 is 0. The Labute approximate surface area is 179 Å². The number of aromatic nitrogens is 1. The van der Waals surface area contributed by atoms with Crippen molar-refractivity contribution in [2.75, 3.05) is 6.61 Å². The Morgan fingerprint density at radius 1 is 1.10 bits per heavy atom. The first-order valence-corrected chi connectivity index (χ1v) is 9.85. The number of amides is 1. The van der Waals surface area contributed by atoms with Gasteiger partial charge in [-0.05, 0) is 54.4 Å². The maximum absolute atomic E-state index is 12.6. The summed E-state index contributed by atoms with van der Waals surface area (Å²) in [5.41, 5.74) is 1.34. The maximum Gasteiger partial charge on any atom is 0.416 e. The van der Waals surface area contributed by atoms with E-state index in [-0.39, 0.29) is 12.5 Å². The Morgan fingerprint density at radius 2 is 1.87 bits per heavy atom. The molecule has 0 aliphatic heterocycles. The minimum Gasteiger partial charge on any atom is -0.494 e. The van der Waals surface area contributed by atoms with Crippen molar-refractivity contribution in [2.45, 2.75) is 26.2 Å². The van der Waals surface area contributed by atoms with Gasteiger partial charge in [-0.1, -0.05) is 36.4 Å². The van der Waals surface area contributed by atoms with Crippen LogP contribution in [0.3, 0.4) is 0 Å². The van der Waals surface area contributed by atoms with Gasteiger partial charge in [0.25, 0.3) is 5.91 Å². The third kappa shape index (κ3) is 6.25. The highest BCUT2D eigenvalue weighted by molar-refractivity contribution is 5.92. The standard InChI is InChI=1S/C24H23F3N2O2/c1-2-31-21-8-3-6-18(16-21)7-4-14-29-15-5-9-22(29)23(30)28-17-19-10-12-20(13-11-19)24(25,26)27/h3-13,15-16H,2,14,17H2,1H3,(H,28,30)/b7-4+. The summed E-state index contributed by atoms with van der Waals surface area (Å²) in [5, 5.41) is 2.75. The first kappa shape index (κ1) is 22.2. The Kier molecular flexibility index (Phi) is 7.18. The van der Waals surface area contributed by atoms with Crippen LogP contribution < -0.4 is 10.1 Å². The van der Waals surface area contributed by atoms with Crippen LogP contribution in [0.4, 0.5) is 13.2 Å². The normalized spacial score (nSPS) is 11.6. The van der Waals surface area contributed by atoms with Gasteiger partial charge >= 0.3 is 6.18 Å². The van der Waals surface area contributed by atoms with Crippen LogP contribution in [0.2, 0.25) is 0 Å². The van der Waals surface area contributed by atoms with E-state index in [2.05, 4.69) is 5.32 Å². The van der Waals surface area contributed by atoms with Gasteiger partial charge < -0.3 is 14.6 Å². The van der Waals surface area contributed by atoms with Crippen molar-refractivity contribution in [3.05, 3.63) is 95.3 Å². The van der Waals surface area contributed by atoms with Crippen LogP contribution in [0.15, 0.2) is 72.9 Å². The molecule has 1 aromatic heterocycles. The van der Waals surface area contributed by atoms with Crippen molar-refractivity contribution in [3.63, 3.8) is 0 Å². The topological polar surface area (TPSA) is 43.3 Å². The van der Waals surface area contributed by atoms with E-state index in [1.54, 1.807) is 22.9 Å². The highest BCUT2D eigenvalue weighted by atomic mass is 19.4. The molecule has 0 bridgehead atoms. The van der Waals surface area contributed by atoms with Crippen LogP contribution in [-0.2, 0) is 19.3 Å². The lowest BCUT2D eigenvalue weighted by Crippen LogP contribution is -2.25. The number of nitrogens with zero attached hydrogens (tertiary/aromatic N) is 1. The van der Waals surface area contributed by atoms with Gasteiger partial charge in [0.05, 0.1) is 12.2 Å². The van der Waals surface area contributed by atoms with Gasteiger partial charge in [-0.3, -0.25) is 4.79 Å².